The lowest BCUT2D eigenvalue weighted by Crippen LogP contribution is -2.42. The number of aromatic nitrogens is 4. The minimum atomic E-state index is -0.865. The van der Waals surface area contributed by atoms with Gasteiger partial charge in [0.15, 0.2) is 11.6 Å². The number of hydrogen-bond donors (Lipinski definition) is 1. The Labute approximate surface area is 282 Å². The second kappa shape index (κ2) is 14.0. The standard InChI is InChI=1S/C36H39F2N7O4/c1-42-14-10-23(11-15-42)12-16-43-17-13-28-31(21-43)39-22-40-34(28)49-32-9-6-26(18-30(32)38)41-33(46)29-20-44(19-24-2-3-24)36(48)45(35(29)47)27-7-4-25(37)5-8-27/h4-9,18,20,22-24H,2-3,10-17,19,21H2,1H3,(H,41,46). The maximum Gasteiger partial charge on any atom is 0.335 e. The SMILES string of the molecule is CN1CCC(CCN2CCc3c(ncnc3Oc3ccc(NC(=O)c4cn(CC5CC5)c(=O)n(-c5ccc(F)cc5)c4=O)cc3F)C2)CC1. The van der Waals surface area contributed by atoms with E-state index in [1.54, 1.807) is 0 Å². The molecule has 0 atom stereocenters. The van der Waals surface area contributed by atoms with Crippen LogP contribution in [0.3, 0.4) is 0 Å². The van der Waals surface area contributed by atoms with Crippen LogP contribution in [0.1, 0.15) is 53.7 Å². The third-order valence-corrected chi connectivity index (χ3v) is 9.77. The van der Waals surface area contributed by atoms with E-state index in [-0.39, 0.29) is 28.6 Å². The zero-order valence-electron chi connectivity index (χ0n) is 27.4. The first kappa shape index (κ1) is 32.8. The number of hydrogen-bond acceptors (Lipinski definition) is 8. The van der Waals surface area contributed by atoms with E-state index in [9.17, 15) is 18.8 Å². The normalized spacial score (nSPS) is 17.1. The number of benzene rings is 2. The van der Waals surface area contributed by atoms with E-state index in [0.717, 1.165) is 79.0 Å². The number of amides is 1. The maximum atomic E-state index is 15.4. The molecule has 1 saturated carbocycles. The van der Waals surface area contributed by atoms with Crippen molar-refractivity contribution in [3.05, 3.63) is 104 Å². The Morgan fingerprint density at radius 1 is 0.980 bits per heavy atom. The van der Waals surface area contributed by atoms with Gasteiger partial charge in [-0.2, -0.15) is 0 Å². The molecular formula is C36H39F2N7O4. The summed E-state index contributed by atoms with van der Waals surface area (Å²) >= 11 is 0. The lowest BCUT2D eigenvalue weighted by molar-refractivity contribution is 0.102. The van der Waals surface area contributed by atoms with Gasteiger partial charge in [-0.25, -0.2) is 28.1 Å². The smallest absolute Gasteiger partial charge is 0.335 e. The number of nitrogens with one attached hydrogen (secondary N) is 1. The van der Waals surface area contributed by atoms with Crippen molar-refractivity contribution in [2.75, 3.05) is 38.5 Å². The summed E-state index contributed by atoms with van der Waals surface area (Å²) in [6.07, 6.45) is 8.87. The number of nitrogens with zero attached hydrogens (tertiary/aromatic N) is 6. The van der Waals surface area contributed by atoms with Crippen LogP contribution >= 0.6 is 0 Å². The second-order valence-electron chi connectivity index (χ2n) is 13.4. The van der Waals surface area contributed by atoms with E-state index in [1.165, 1.54) is 60.6 Å². The zero-order valence-corrected chi connectivity index (χ0v) is 27.4. The second-order valence-corrected chi connectivity index (χ2v) is 13.4. The lowest BCUT2D eigenvalue weighted by Gasteiger charge is -2.32. The molecule has 1 saturated heterocycles. The molecule has 2 fully saturated rings. The first-order valence-electron chi connectivity index (χ1n) is 16.9. The first-order valence-corrected chi connectivity index (χ1v) is 16.9. The van der Waals surface area contributed by atoms with Crippen LogP contribution in [-0.2, 0) is 19.5 Å². The van der Waals surface area contributed by atoms with Gasteiger partial charge in [-0.05, 0) is 113 Å². The molecule has 2 aromatic carbocycles. The molecule has 0 spiro atoms. The van der Waals surface area contributed by atoms with Gasteiger partial charge in [-0.1, -0.05) is 0 Å². The average molecular weight is 672 g/mol. The predicted molar refractivity (Wildman–Crippen MR) is 179 cm³/mol. The number of carbonyl (C=O) groups is 1. The summed E-state index contributed by atoms with van der Waals surface area (Å²) in [5.74, 6) is -0.831. The number of anilines is 1. The lowest BCUT2D eigenvalue weighted by atomic mass is 9.93. The Morgan fingerprint density at radius 3 is 2.49 bits per heavy atom. The van der Waals surface area contributed by atoms with Crippen molar-refractivity contribution in [3.63, 3.8) is 0 Å². The van der Waals surface area contributed by atoms with Crippen LogP contribution in [0.5, 0.6) is 11.6 Å². The number of fused-ring (bicyclic) bond motifs is 1. The first-order chi connectivity index (χ1) is 23.7. The van der Waals surface area contributed by atoms with Crippen LogP contribution in [0, 0.1) is 23.5 Å². The number of ether oxygens (including phenoxy) is 1. The summed E-state index contributed by atoms with van der Waals surface area (Å²) < 4.78 is 37.1. The van der Waals surface area contributed by atoms with Crippen molar-refractivity contribution in [2.24, 2.45) is 11.8 Å². The van der Waals surface area contributed by atoms with E-state index in [4.69, 9.17) is 4.74 Å². The fourth-order valence-corrected chi connectivity index (χ4v) is 6.62. The van der Waals surface area contributed by atoms with Gasteiger partial charge in [0.25, 0.3) is 11.5 Å². The van der Waals surface area contributed by atoms with Crippen molar-refractivity contribution in [1.29, 1.82) is 0 Å². The fourth-order valence-electron chi connectivity index (χ4n) is 6.62. The molecule has 256 valence electrons. The van der Waals surface area contributed by atoms with Crippen molar-refractivity contribution < 1.29 is 18.3 Å². The Bertz CT molecular complexity index is 1970. The molecule has 1 N–H and O–H groups in total. The molecule has 11 nitrogen and oxygen atoms in total. The summed E-state index contributed by atoms with van der Waals surface area (Å²) in [5, 5.41) is 2.57. The van der Waals surface area contributed by atoms with Crippen LogP contribution < -0.4 is 21.3 Å². The predicted octanol–water partition coefficient (Wildman–Crippen LogP) is 4.61. The number of halogens is 2. The molecule has 49 heavy (non-hydrogen) atoms. The third kappa shape index (κ3) is 7.47. The van der Waals surface area contributed by atoms with Crippen LogP contribution in [0.4, 0.5) is 14.5 Å². The molecule has 0 bridgehead atoms. The highest BCUT2D eigenvalue weighted by Gasteiger charge is 2.27. The van der Waals surface area contributed by atoms with Gasteiger partial charge in [-0.3, -0.25) is 19.1 Å². The molecule has 0 radical (unpaired) electrons. The fraction of sp³-hybridized carbons (Fsp3) is 0.417. The minimum absolute atomic E-state index is 0.0692. The molecule has 7 rings (SSSR count). The number of likely N-dealkylation sites (tertiary alicyclic amines) is 1. The van der Waals surface area contributed by atoms with Gasteiger partial charge in [0.1, 0.15) is 17.7 Å². The molecule has 1 aliphatic carbocycles. The third-order valence-electron chi connectivity index (χ3n) is 9.77. The molecule has 3 aliphatic rings. The molecule has 0 unspecified atom stereocenters. The zero-order chi connectivity index (χ0) is 34.1. The average Bonchev–Trinajstić information content (AvgIpc) is 3.92. The Hall–Kier alpha value is -4.75. The van der Waals surface area contributed by atoms with Crippen LogP contribution in [0.25, 0.3) is 5.69 Å². The van der Waals surface area contributed by atoms with Crippen LogP contribution in [0.2, 0.25) is 0 Å². The summed E-state index contributed by atoms with van der Waals surface area (Å²) in [5.41, 5.74) is 0.156. The molecule has 1 amide bonds. The highest BCUT2D eigenvalue weighted by molar-refractivity contribution is 6.03. The Kier molecular flexibility index (Phi) is 9.37. The molecule has 4 aromatic rings. The van der Waals surface area contributed by atoms with Gasteiger partial charge in [0, 0.05) is 43.1 Å². The summed E-state index contributed by atoms with van der Waals surface area (Å²) in [4.78, 5) is 53.6. The summed E-state index contributed by atoms with van der Waals surface area (Å²) in [7, 11) is 2.17. The maximum absolute atomic E-state index is 15.4. The van der Waals surface area contributed by atoms with Gasteiger partial charge in [0.2, 0.25) is 5.88 Å². The van der Waals surface area contributed by atoms with Crippen molar-refractivity contribution in [2.45, 2.75) is 51.6 Å². The number of rotatable bonds is 10. The molecule has 13 heteroatoms. The molecular weight excluding hydrogens is 632 g/mol. The summed E-state index contributed by atoms with van der Waals surface area (Å²) in [6.45, 7) is 5.19. The monoisotopic (exact) mass is 671 g/mol. The van der Waals surface area contributed by atoms with Crippen molar-refractivity contribution in [1.82, 2.24) is 28.9 Å². The van der Waals surface area contributed by atoms with E-state index < -0.39 is 28.8 Å². The molecule has 2 aliphatic heterocycles. The minimum Gasteiger partial charge on any atom is -0.436 e. The van der Waals surface area contributed by atoms with E-state index in [2.05, 4.69) is 32.1 Å². The largest absolute Gasteiger partial charge is 0.436 e. The van der Waals surface area contributed by atoms with E-state index in [1.807, 2.05) is 0 Å². The van der Waals surface area contributed by atoms with E-state index in [0.29, 0.717) is 25.4 Å². The quantitative estimate of drug-likeness (QED) is 0.260. The molecule has 2 aromatic heterocycles. The Balaban J connectivity index is 1.05. The van der Waals surface area contributed by atoms with Crippen LogP contribution in [0.15, 0.2) is 64.6 Å². The highest BCUT2D eigenvalue weighted by atomic mass is 19.1. The van der Waals surface area contributed by atoms with Gasteiger partial charge in [0.05, 0.1) is 11.4 Å². The Morgan fingerprint density at radius 2 is 1.76 bits per heavy atom. The van der Waals surface area contributed by atoms with Crippen LogP contribution in [-0.4, -0.2) is 68.0 Å². The topological polar surface area (TPSA) is 115 Å². The van der Waals surface area contributed by atoms with Gasteiger partial charge in [-0.15, -0.1) is 0 Å². The van der Waals surface area contributed by atoms with E-state index >= 15 is 4.39 Å². The molecule has 4 heterocycles. The number of piperidine rings is 1. The van der Waals surface area contributed by atoms with Crippen molar-refractivity contribution in [3.8, 4) is 17.3 Å². The number of carbonyl (C=O) groups excluding carboxylic acids is 1. The van der Waals surface area contributed by atoms with Gasteiger partial charge >= 0.3 is 5.69 Å². The highest BCUT2D eigenvalue weighted by Crippen LogP contribution is 2.32. The van der Waals surface area contributed by atoms with Crippen molar-refractivity contribution >= 4 is 11.6 Å². The van der Waals surface area contributed by atoms with Gasteiger partial charge < -0.3 is 15.0 Å². The summed E-state index contributed by atoms with van der Waals surface area (Å²) in [6, 6.07) is 8.83.